The molecule has 2 saturated heterocycles. The van der Waals surface area contributed by atoms with Crippen molar-refractivity contribution in [1.29, 1.82) is 0 Å². The maximum Gasteiger partial charge on any atom is 0.225 e. The van der Waals surface area contributed by atoms with E-state index in [2.05, 4.69) is 14.9 Å². The van der Waals surface area contributed by atoms with E-state index in [0.717, 1.165) is 43.3 Å². The van der Waals surface area contributed by atoms with Crippen LogP contribution in [0.5, 0.6) is 0 Å². The topological polar surface area (TPSA) is 58.6 Å². The van der Waals surface area contributed by atoms with E-state index in [1.165, 1.54) is 0 Å². The van der Waals surface area contributed by atoms with Gasteiger partial charge in [0.05, 0.1) is 12.2 Å². The lowest BCUT2D eigenvalue weighted by atomic mass is 9.94. The summed E-state index contributed by atoms with van der Waals surface area (Å²) in [6.07, 6.45) is 2.04. The molecule has 2 atom stereocenters. The van der Waals surface area contributed by atoms with Crippen molar-refractivity contribution >= 4 is 11.7 Å². The Labute approximate surface area is 144 Å². The first kappa shape index (κ1) is 17.1. The minimum absolute atomic E-state index is 0.128. The summed E-state index contributed by atoms with van der Waals surface area (Å²) < 4.78 is 5.73. The van der Waals surface area contributed by atoms with Gasteiger partial charge in [0, 0.05) is 43.9 Å². The lowest BCUT2D eigenvalue weighted by Gasteiger charge is -2.39. The minimum Gasteiger partial charge on any atom is -0.372 e. The zero-order valence-electron chi connectivity index (χ0n) is 15.2. The van der Waals surface area contributed by atoms with Crippen LogP contribution in [0, 0.1) is 19.8 Å². The maximum atomic E-state index is 12.8. The highest BCUT2D eigenvalue weighted by Gasteiger charge is 2.32. The van der Waals surface area contributed by atoms with E-state index < -0.39 is 0 Å². The van der Waals surface area contributed by atoms with Crippen LogP contribution in [-0.4, -0.2) is 59.2 Å². The fourth-order valence-electron chi connectivity index (χ4n) is 3.83. The lowest BCUT2D eigenvalue weighted by molar-refractivity contribution is -0.148. The molecule has 24 heavy (non-hydrogen) atoms. The van der Waals surface area contributed by atoms with E-state index in [9.17, 15) is 4.79 Å². The van der Waals surface area contributed by atoms with Crippen LogP contribution in [0.15, 0.2) is 6.07 Å². The highest BCUT2D eigenvalue weighted by Crippen LogP contribution is 2.25. The number of morpholine rings is 1. The molecule has 0 aromatic carbocycles. The minimum atomic E-state index is 0.128. The van der Waals surface area contributed by atoms with Gasteiger partial charge in [-0.1, -0.05) is 0 Å². The molecule has 0 bridgehead atoms. The summed E-state index contributed by atoms with van der Waals surface area (Å²) in [5.41, 5.74) is 0.993. The number of amides is 1. The Morgan fingerprint density at radius 1 is 1.12 bits per heavy atom. The fraction of sp³-hybridized carbons (Fsp3) is 0.722. The number of ether oxygens (including phenoxy) is 1. The molecule has 0 saturated carbocycles. The molecule has 2 aliphatic rings. The van der Waals surface area contributed by atoms with Crippen LogP contribution in [0.4, 0.5) is 5.82 Å². The molecule has 0 aliphatic carbocycles. The maximum absolute atomic E-state index is 12.8. The molecular formula is C18H28N4O2. The van der Waals surface area contributed by atoms with Crippen molar-refractivity contribution in [2.75, 3.05) is 31.1 Å². The number of carbonyl (C=O) groups is 1. The monoisotopic (exact) mass is 332 g/mol. The van der Waals surface area contributed by atoms with Gasteiger partial charge in [-0.3, -0.25) is 4.79 Å². The Hall–Kier alpha value is -1.69. The quantitative estimate of drug-likeness (QED) is 0.828. The summed E-state index contributed by atoms with van der Waals surface area (Å²) in [7, 11) is 0. The second kappa shape index (κ2) is 7.05. The van der Waals surface area contributed by atoms with Crippen molar-refractivity contribution in [3.05, 3.63) is 17.6 Å². The number of aromatic nitrogens is 2. The molecule has 1 aromatic heterocycles. The number of anilines is 1. The molecule has 0 radical (unpaired) electrons. The van der Waals surface area contributed by atoms with Gasteiger partial charge < -0.3 is 14.5 Å². The molecule has 0 unspecified atom stereocenters. The van der Waals surface area contributed by atoms with Crippen LogP contribution in [0.3, 0.4) is 0 Å². The molecule has 2 aliphatic heterocycles. The van der Waals surface area contributed by atoms with E-state index in [-0.39, 0.29) is 18.1 Å². The van der Waals surface area contributed by atoms with E-state index in [1.807, 2.05) is 38.7 Å². The van der Waals surface area contributed by atoms with Gasteiger partial charge in [0.2, 0.25) is 5.91 Å². The van der Waals surface area contributed by atoms with Gasteiger partial charge in [-0.05, 0) is 40.5 Å². The standard InChI is InChI=1S/C18H28N4O2/c1-12-9-17(20-15(4)19-12)21-7-5-16(6-8-21)18(23)22-10-13(2)24-14(3)11-22/h9,13-14,16H,5-8,10-11H2,1-4H3/t13-,14-/m0/s1. The average Bonchev–Trinajstić information content (AvgIpc) is 2.52. The van der Waals surface area contributed by atoms with Crippen molar-refractivity contribution in [2.45, 2.75) is 52.7 Å². The molecule has 3 rings (SSSR count). The van der Waals surface area contributed by atoms with Crippen LogP contribution >= 0.6 is 0 Å². The third-order valence-electron chi connectivity index (χ3n) is 4.85. The summed E-state index contributed by atoms with van der Waals surface area (Å²) in [5, 5.41) is 0. The van der Waals surface area contributed by atoms with Gasteiger partial charge in [-0.15, -0.1) is 0 Å². The van der Waals surface area contributed by atoms with Crippen LogP contribution in [0.25, 0.3) is 0 Å². The third kappa shape index (κ3) is 3.86. The second-order valence-electron chi connectivity index (χ2n) is 7.18. The van der Waals surface area contributed by atoms with Crippen LogP contribution in [0.2, 0.25) is 0 Å². The van der Waals surface area contributed by atoms with E-state index in [4.69, 9.17) is 4.74 Å². The highest BCUT2D eigenvalue weighted by atomic mass is 16.5. The number of rotatable bonds is 2. The number of piperidine rings is 1. The molecule has 6 heteroatoms. The summed E-state index contributed by atoms with van der Waals surface area (Å²) in [6, 6.07) is 2.03. The van der Waals surface area contributed by atoms with E-state index in [1.54, 1.807) is 0 Å². The Bertz CT molecular complexity index is 568. The van der Waals surface area contributed by atoms with Crippen molar-refractivity contribution < 1.29 is 9.53 Å². The first-order valence-corrected chi connectivity index (χ1v) is 8.94. The smallest absolute Gasteiger partial charge is 0.225 e. The molecule has 0 N–H and O–H groups in total. The predicted molar refractivity (Wildman–Crippen MR) is 93.0 cm³/mol. The zero-order valence-corrected chi connectivity index (χ0v) is 15.2. The summed E-state index contributed by atoms with van der Waals surface area (Å²) in [5.74, 6) is 2.22. The Kier molecular flexibility index (Phi) is 5.04. The van der Waals surface area contributed by atoms with Crippen molar-refractivity contribution in [1.82, 2.24) is 14.9 Å². The molecule has 6 nitrogen and oxygen atoms in total. The Morgan fingerprint density at radius 3 is 2.33 bits per heavy atom. The lowest BCUT2D eigenvalue weighted by Crippen LogP contribution is -2.51. The average molecular weight is 332 g/mol. The molecule has 1 amide bonds. The van der Waals surface area contributed by atoms with E-state index in [0.29, 0.717) is 19.0 Å². The Morgan fingerprint density at radius 2 is 1.75 bits per heavy atom. The molecule has 2 fully saturated rings. The summed E-state index contributed by atoms with van der Waals surface area (Å²) in [6.45, 7) is 11.2. The van der Waals surface area contributed by atoms with Crippen molar-refractivity contribution in [3.63, 3.8) is 0 Å². The summed E-state index contributed by atoms with van der Waals surface area (Å²) in [4.78, 5) is 26.0. The zero-order chi connectivity index (χ0) is 17.3. The number of aryl methyl sites for hydroxylation is 2. The molecule has 132 valence electrons. The van der Waals surface area contributed by atoms with Gasteiger partial charge in [-0.25, -0.2) is 9.97 Å². The van der Waals surface area contributed by atoms with Crippen molar-refractivity contribution in [2.24, 2.45) is 5.92 Å². The SMILES string of the molecule is Cc1cc(N2CCC(C(=O)N3C[C@H](C)O[C@@H](C)C3)CC2)nc(C)n1. The van der Waals surface area contributed by atoms with Crippen LogP contribution < -0.4 is 4.90 Å². The second-order valence-corrected chi connectivity index (χ2v) is 7.18. The summed E-state index contributed by atoms with van der Waals surface area (Å²) >= 11 is 0. The molecular weight excluding hydrogens is 304 g/mol. The molecule has 1 aromatic rings. The largest absolute Gasteiger partial charge is 0.372 e. The first-order chi connectivity index (χ1) is 11.4. The number of nitrogens with zero attached hydrogens (tertiary/aromatic N) is 4. The molecule has 0 spiro atoms. The van der Waals surface area contributed by atoms with Crippen LogP contribution in [0.1, 0.15) is 38.2 Å². The van der Waals surface area contributed by atoms with Gasteiger partial charge >= 0.3 is 0 Å². The van der Waals surface area contributed by atoms with Crippen molar-refractivity contribution in [3.8, 4) is 0 Å². The predicted octanol–water partition coefficient (Wildman–Crippen LogP) is 1.95. The third-order valence-corrected chi connectivity index (χ3v) is 4.85. The highest BCUT2D eigenvalue weighted by molar-refractivity contribution is 5.79. The first-order valence-electron chi connectivity index (χ1n) is 8.94. The Balaban J connectivity index is 1.59. The number of hydrogen-bond donors (Lipinski definition) is 0. The molecule has 3 heterocycles. The fourth-order valence-corrected chi connectivity index (χ4v) is 3.83. The number of hydrogen-bond acceptors (Lipinski definition) is 5. The van der Waals surface area contributed by atoms with Gasteiger partial charge in [-0.2, -0.15) is 0 Å². The van der Waals surface area contributed by atoms with E-state index >= 15 is 0 Å². The normalized spacial score (nSPS) is 25.8. The van der Waals surface area contributed by atoms with Gasteiger partial charge in [0.1, 0.15) is 11.6 Å². The number of carbonyl (C=O) groups excluding carboxylic acids is 1. The van der Waals surface area contributed by atoms with Crippen LogP contribution in [-0.2, 0) is 9.53 Å². The van der Waals surface area contributed by atoms with Gasteiger partial charge in [0.25, 0.3) is 0 Å². The van der Waals surface area contributed by atoms with Gasteiger partial charge in [0.15, 0.2) is 0 Å².